The molecule has 5 rings (SSSR count). The Labute approximate surface area is 201 Å². The van der Waals surface area contributed by atoms with Crippen molar-refractivity contribution < 1.29 is 9.59 Å². The van der Waals surface area contributed by atoms with E-state index in [0.29, 0.717) is 22.2 Å². The molecular weight excluding hydrogens is 458 g/mol. The predicted octanol–water partition coefficient (Wildman–Crippen LogP) is 4.77. The highest BCUT2D eigenvalue weighted by Gasteiger charge is 2.24. The number of hydrogen-bond acceptors (Lipinski definition) is 6. The van der Waals surface area contributed by atoms with E-state index in [-0.39, 0.29) is 17.4 Å². The molecule has 3 aromatic rings. The number of amides is 1. The van der Waals surface area contributed by atoms with E-state index >= 15 is 0 Å². The van der Waals surface area contributed by atoms with Crippen LogP contribution in [0.3, 0.4) is 0 Å². The SMILES string of the molecule is O=C1CCCc2cc(C(=O)CSc3nnc(N4CCCC4)n3-c3ccccc3Cl)ccc2N1. The third kappa shape index (κ3) is 4.63. The van der Waals surface area contributed by atoms with Crippen LogP contribution >= 0.6 is 23.4 Å². The molecule has 1 amide bonds. The van der Waals surface area contributed by atoms with Gasteiger partial charge in [0.25, 0.3) is 0 Å². The molecular formula is C24H24ClN5O2S. The second kappa shape index (κ2) is 9.57. The summed E-state index contributed by atoms with van der Waals surface area (Å²) in [7, 11) is 0. The Morgan fingerprint density at radius 3 is 2.70 bits per heavy atom. The third-order valence-electron chi connectivity index (χ3n) is 5.98. The molecule has 0 atom stereocenters. The largest absolute Gasteiger partial charge is 0.341 e. The first-order chi connectivity index (χ1) is 16.1. The molecule has 0 radical (unpaired) electrons. The number of fused-ring (bicyclic) bond motifs is 1. The van der Waals surface area contributed by atoms with Crippen LogP contribution in [0.5, 0.6) is 0 Å². The van der Waals surface area contributed by atoms with E-state index in [9.17, 15) is 9.59 Å². The number of halogens is 1. The van der Waals surface area contributed by atoms with Gasteiger partial charge in [-0.15, -0.1) is 10.2 Å². The standard InChI is InChI=1S/C24H24ClN5O2S/c25-18-7-1-2-8-20(18)30-23(29-12-3-4-13-29)27-28-24(30)33-15-21(31)17-10-11-19-16(14-17)6-5-9-22(32)26-19/h1-2,7-8,10-11,14H,3-6,9,12-13,15H2,(H,26,32). The van der Waals surface area contributed by atoms with Crippen molar-refractivity contribution in [3.63, 3.8) is 0 Å². The lowest BCUT2D eigenvalue weighted by atomic mass is 10.0. The number of carbonyl (C=O) groups excluding carboxylic acids is 2. The van der Waals surface area contributed by atoms with Crippen LogP contribution in [0.4, 0.5) is 11.6 Å². The van der Waals surface area contributed by atoms with Crippen molar-refractivity contribution in [2.75, 3.05) is 29.1 Å². The number of thioether (sulfide) groups is 1. The summed E-state index contributed by atoms with van der Waals surface area (Å²) < 4.78 is 1.96. The van der Waals surface area contributed by atoms with Crippen LogP contribution in [0, 0.1) is 0 Å². The number of nitrogens with one attached hydrogen (secondary N) is 1. The lowest BCUT2D eigenvalue weighted by Crippen LogP contribution is -2.22. The van der Waals surface area contributed by atoms with Gasteiger partial charge in [-0.05, 0) is 61.6 Å². The van der Waals surface area contributed by atoms with Crippen LogP contribution in [0.15, 0.2) is 47.6 Å². The zero-order chi connectivity index (χ0) is 22.8. The second-order valence-corrected chi connectivity index (χ2v) is 9.60. The van der Waals surface area contributed by atoms with Crippen LogP contribution < -0.4 is 10.2 Å². The van der Waals surface area contributed by atoms with Crippen LogP contribution in [-0.4, -0.2) is 45.3 Å². The first-order valence-electron chi connectivity index (χ1n) is 11.1. The van der Waals surface area contributed by atoms with E-state index in [2.05, 4.69) is 20.4 Å². The van der Waals surface area contributed by atoms with Gasteiger partial charge >= 0.3 is 0 Å². The third-order valence-corrected chi connectivity index (χ3v) is 7.23. The lowest BCUT2D eigenvalue weighted by Gasteiger charge is -2.19. The average Bonchev–Trinajstić information content (AvgIpc) is 3.44. The average molecular weight is 482 g/mol. The molecule has 3 heterocycles. The van der Waals surface area contributed by atoms with Gasteiger partial charge in [-0.3, -0.25) is 14.2 Å². The van der Waals surface area contributed by atoms with Crippen LogP contribution in [0.25, 0.3) is 5.69 Å². The molecule has 1 N–H and O–H groups in total. The molecule has 1 fully saturated rings. The van der Waals surface area contributed by atoms with E-state index < -0.39 is 0 Å². The monoisotopic (exact) mass is 481 g/mol. The summed E-state index contributed by atoms with van der Waals surface area (Å²) in [4.78, 5) is 27.0. The number of aromatic nitrogens is 3. The molecule has 1 saturated heterocycles. The summed E-state index contributed by atoms with van der Waals surface area (Å²) in [6.45, 7) is 1.86. The fourth-order valence-electron chi connectivity index (χ4n) is 4.28. The Bertz CT molecular complexity index is 1210. The normalized spacial score (nSPS) is 15.8. The topological polar surface area (TPSA) is 80.1 Å². The Morgan fingerprint density at radius 1 is 1.06 bits per heavy atom. The first kappa shape index (κ1) is 22.0. The van der Waals surface area contributed by atoms with Crippen molar-refractivity contribution >= 4 is 46.7 Å². The van der Waals surface area contributed by atoms with Gasteiger partial charge in [0.05, 0.1) is 16.5 Å². The molecule has 170 valence electrons. The van der Waals surface area contributed by atoms with E-state index in [0.717, 1.165) is 61.7 Å². The Kier molecular flexibility index (Phi) is 6.37. The number of hydrogen-bond donors (Lipinski definition) is 1. The zero-order valence-corrected chi connectivity index (χ0v) is 19.7. The summed E-state index contributed by atoms with van der Waals surface area (Å²) in [6.07, 6.45) is 4.31. The van der Waals surface area contributed by atoms with E-state index in [4.69, 9.17) is 11.6 Å². The van der Waals surface area contributed by atoms with Gasteiger partial charge in [-0.2, -0.15) is 0 Å². The lowest BCUT2D eigenvalue weighted by molar-refractivity contribution is -0.116. The number of Topliss-reactive ketones (excluding diaryl/α,β-unsaturated/α-hetero) is 1. The molecule has 0 aliphatic carbocycles. The number of nitrogens with zero attached hydrogens (tertiary/aromatic N) is 4. The van der Waals surface area contributed by atoms with Gasteiger partial charge in [0.15, 0.2) is 10.9 Å². The minimum absolute atomic E-state index is 0.00908. The Hall–Kier alpha value is -2.84. The first-order valence-corrected chi connectivity index (χ1v) is 12.5. The molecule has 7 nitrogen and oxygen atoms in total. The quantitative estimate of drug-likeness (QED) is 0.403. The van der Waals surface area contributed by atoms with E-state index in [1.54, 1.807) is 6.07 Å². The van der Waals surface area contributed by atoms with Gasteiger partial charge in [0.2, 0.25) is 11.9 Å². The second-order valence-electron chi connectivity index (χ2n) is 8.25. The molecule has 0 bridgehead atoms. The highest BCUT2D eigenvalue weighted by atomic mass is 35.5. The highest BCUT2D eigenvalue weighted by Crippen LogP contribution is 2.32. The maximum Gasteiger partial charge on any atom is 0.232 e. The number of para-hydroxylation sites is 1. The van der Waals surface area contributed by atoms with Gasteiger partial charge in [-0.25, -0.2) is 0 Å². The summed E-state index contributed by atoms with van der Waals surface area (Å²) in [5.41, 5.74) is 3.26. The molecule has 0 spiro atoms. The summed E-state index contributed by atoms with van der Waals surface area (Å²) >= 11 is 7.87. The van der Waals surface area contributed by atoms with Gasteiger partial charge in [0, 0.05) is 30.8 Å². The molecule has 0 unspecified atom stereocenters. The van der Waals surface area contributed by atoms with Crippen molar-refractivity contribution in [1.29, 1.82) is 0 Å². The number of benzene rings is 2. The smallest absolute Gasteiger partial charge is 0.232 e. The molecule has 0 saturated carbocycles. The van der Waals surface area contributed by atoms with Crippen molar-refractivity contribution in [2.24, 2.45) is 0 Å². The van der Waals surface area contributed by atoms with Gasteiger partial charge < -0.3 is 10.2 Å². The highest BCUT2D eigenvalue weighted by molar-refractivity contribution is 7.99. The number of rotatable bonds is 6. The van der Waals surface area contributed by atoms with Crippen molar-refractivity contribution in [2.45, 2.75) is 37.3 Å². The van der Waals surface area contributed by atoms with Crippen LogP contribution in [-0.2, 0) is 11.2 Å². The van der Waals surface area contributed by atoms with Crippen molar-refractivity contribution in [3.8, 4) is 5.69 Å². The zero-order valence-electron chi connectivity index (χ0n) is 18.1. The molecule has 2 aliphatic rings. The number of carbonyl (C=O) groups is 2. The maximum atomic E-state index is 13.0. The van der Waals surface area contributed by atoms with Crippen molar-refractivity contribution in [3.05, 3.63) is 58.6 Å². The Morgan fingerprint density at radius 2 is 1.88 bits per heavy atom. The van der Waals surface area contributed by atoms with Crippen LogP contribution in [0.2, 0.25) is 5.02 Å². The fourth-order valence-corrected chi connectivity index (χ4v) is 5.34. The minimum Gasteiger partial charge on any atom is -0.341 e. The predicted molar refractivity (Wildman–Crippen MR) is 131 cm³/mol. The van der Waals surface area contributed by atoms with Gasteiger partial charge in [0.1, 0.15) is 0 Å². The number of aryl methyl sites for hydroxylation is 1. The van der Waals surface area contributed by atoms with E-state index in [1.807, 2.05) is 41.0 Å². The summed E-state index contributed by atoms with van der Waals surface area (Å²) in [5.74, 6) is 1.02. The fraction of sp³-hybridized carbons (Fsp3) is 0.333. The Balaban J connectivity index is 1.39. The minimum atomic E-state index is 0.00908. The molecule has 33 heavy (non-hydrogen) atoms. The van der Waals surface area contributed by atoms with Gasteiger partial charge in [-0.1, -0.05) is 35.5 Å². The molecule has 2 aromatic carbocycles. The maximum absolute atomic E-state index is 13.0. The summed E-state index contributed by atoms with van der Waals surface area (Å²) in [6, 6.07) is 13.1. The number of ketones is 1. The summed E-state index contributed by atoms with van der Waals surface area (Å²) in [5, 5.41) is 13.0. The molecule has 9 heteroatoms. The number of anilines is 2. The van der Waals surface area contributed by atoms with E-state index in [1.165, 1.54) is 11.8 Å². The molecule has 1 aromatic heterocycles. The molecule has 2 aliphatic heterocycles. The van der Waals surface area contributed by atoms with Crippen LogP contribution in [0.1, 0.15) is 41.6 Å². The van der Waals surface area contributed by atoms with Crippen molar-refractivity contribution in [1.82, 2.24) is 14.8 Å².